The second kappa shape index (κ2) is 8.20. The smallest absolute Gasteiger partial charge is 0.370 e. The predicted octanol–water partition coefficient (Wildman–Crippen LogP) is 4.20. The summed E-state index contributed by atoms with van der Waals surface area (Å²) in [6, 6.07) is 5.18. The van der Waals surface area contributed by atoms with Gasteiger partial charge in [-0.1, -0.05) is 12.8 Å². The van der Waals surface area contributed by atoms with Crippen LogP contribution in [0.5, 0.6) is 0 Å². The molecule has 0 bridgehead atoms. The third-order valence-electron chi connectivity index (χ3n) is 5.55. The number of carbonyl (C=O) groups is 1. The van der Waals surface area contributed by atoms with Crippen molar-refractivity contribution in [3.63, 3.8) is 0 Å². The number of amides is 1. The Labute approximate surface area is 157 Å². The van der Waals surface area contributed by atoms with Gasteiger partial charge in [-0.2, -0.15) is 18.4 Å². The van der Waals surface area contributed by atoms with Gasteiger partial charge in [-0.15, -0.1) is 0 Å². The van der Waals surface area contributed by atoms with Gasteiger partial charge in [0.05, 0.1) is 16.8 Å². The lowest BCUT2D eigenvalue weighted by atomic mass is 9.94. The zero-order valence-corrected chi connectivity index (χ0v) is 15.3. The molecule has 2 heterocycles. The molecule has 0 aliphatic carbocycles. The number of hydrogen-bond acceptors (Lipinski definition) is 3. The maximum Gasteiger partial charge on any atom is 0.416 e. The molecule has 0 spiro atoms. The van der Waals surface area contributed by atoms with E-state index in [-0.39, 0.29) is 17.4 Å². The molecule has 0 radical (unpaired) electrons. The van der Waals surface area contributed by atoms with E-state index >= 15 is 0 Å². The van der Waals surface area contributed by atoms with Crippen LogP contribution in [0.2, 0.25) is 0 Å². The van der Waals surface area contributed by atoms with E-state index in [1.165, 1.54) is 18.9 Å². The highest BCUT2D eigenvalue weighted by atomic mass is 19.4. The van der Waals surface area contributed by atoms with Gasteiger partial charge in [0.1, 0.15) is 6.07 Å². The molecule has 2 aliphatic heterocycles. The molecular weight excluding hydrogens is 355 g/mol. The van der Waals surface area contributed by atoms with Crippen LogP contribution in [-0.4, -0.2) is 37.0 Å². The Bertz CT molecular complexity index is 710. The van der Waals surface area contributed by atoms with Crippen LogP contribution < -0.4 is 4.90 Å². The van der Waals surface area contributed by atoms with Gasteiger partial charge in [0, 0.05) is 32.1 Å². The zero-order valence-electron chi connectivity index (χ0n) is 15.3. The molecule has 0 atom stereocenters. The topological polar surface area (TPSA) is 47.3 Å². The van der Waals surface area contributed by atoms with Crippen LogP contribution in [0.4, 0.5) is 18.9 Å². The zero-order chi connectivity index (χ0) is 19.4. The SMILES string of the molecule is N#Cc1cc(C(F)(F)F)ccc1N1CCC(C(=O)N2CCCCCC2)CC1. The molecule has 7 heteroatoms. The van der Waals surface area contributed by atoms with Crippen molar-refractivity contribution < 1.29 is 18.0 Å². The summed E-state index contributed by atoms with van der Waals surface area (Å²) in [5.41, 5.74) is -0.262. The van der Waals surface area contributed by atoms with Crippen LogP contribution >= 0.6 is 0 Å². The molecule has 2 aliphatic rings. The molecule has 0 aromatic heterocycles. The second-order valence-corrected chi connectivity index (χ2v) is 7.34. The number of benzene rings is 1. The maximum atomic E-state index is 12.9. The van der Waals surface area contributed by atoms with Crippen molar-refractivity contribution >= 4 is 11.6 Å². The summed E-state index contributed by atoms with van der Waals surface area (Å²) in [6.45, 7) is 2.81. The summed E-state index contributed by atoms with van der Waals surface area (Å²) < 4.78 is 38.6. The van der Waals surface area contributed by atoms with Gasteiger partial charge < -0.3 is 9.80 Å². The highest BCUT2D eigenvalue weighted by Gasteiger charge is 2.33. The van der Waals surface area contributed by atoms with Crippen LogP contribution in [-0.2, 0) is 11.0 Å². The Kier molecular flexibility index (Phi) is 5.93. The van der Waals surface area contributed by atoms with Crippen molar-refractivity contribution in [3.8, 4) is 6.07 Å². The van der Waals surface area contributed by atoms with E-state index in [4.69, 9.17) is 0 Å². The monoisotopic (exact) mass is 379 g/mol. The van der Waals surface area contributed by atoms with E-state index in [2.05, 4.69) is 0 Å². The first-order valence-electron chi connectivity index (χ1n) is 9.55. The normalized spacial score (nSPS) is 19.5. The molecule has 1 aromatic rings. The van der Waals surface area contributed by atoms with Crippen molar-refractivity contribution in [3.05, 3.63) is 29.3 Å². The molecular formula is C20H24F3N3O. The molecule has 27 heavy (non-hydrogen) atoms. The van der Waals surface area contributed by atoms with Crippen molar-refractivity contribution in [1.29, 1.82) is 5.26 Å². The van der Waals surface area contributed by atoms with Gasteiger partial charge >= 0.3 is 6.18 Å². The molecule has 1 aromatic carbocycles. The van der Waals surface area contributed by atoms with Gasteiger partial charge in [-0.25, -0.2) is 0 Å². The van der Waals surface area contributed by atoms with Gasteiger partial charge in [0.25, 0.3) is 0 Å². The minimum Gasteiger partial charge on any atom is -0.370 e. The van der Waals surface area contributed by atoms with Crippen LogP contribution in [0, 0.1) is 17.2 Å². The number of hydrogen-bond donors (Lipinski definition) is 0. The lowest BCUT2D eigenvalue weighted by Crippen LogP contribution is -2.43. The minimum absolute atomic E-state index is 0.0284. The van der Waals surface area contributed by atoms with E-state index in [1.807, 2.05) is 15.9 Å². The van der Waals surface area contributed by atoms with Gasteiger partial charge in [0.15, 0.2) is 0 Å². The summed E-state index contributed by atoms with van der Waals surface area (Å²) in [6.07, 6.45) is 1.34. The fraction of sp³-hybridized carbons (Fsp3) is 0.600. The Morgan fingerprint density at radius 1 is 1.04 bits per heavy atom. The summed E-state index contributed by atoms with van der Waals surface area (Å²) in [5, 5.41) is 9.27. The third kappa shape index (κ3) is 4.55. The van der Waals surface area contributed by atoms with Gasteiger partial charge in [-0.05, 0) is 43.9 Å². The molecule has 2 fully saturated rings. The van der Waals surface area contributed by atoms with E-state index in [0.29, 0.717) is 31.6 Å². The highest BCUT2D eigenvalue weighted by Crippen LogP contribution is 2.34. The molecule has 0 unspecified atom stereocenters. The van der Waals surface area contributed by atoms with Crippen molar-refractivity contribution in [2.45, 2.75) is 44.7 Å². The van der Waals surface area contributed by atoms with Crippen LogP contribution in [0.3, 0.4) is 0 Å². The summed E-state index contributed by atoms with van der Waals surface area (Å²) in [4.78, 5) is 16.7. The molecule has 4 nitrogen and oxygen atoms in total. The standard InChI is InChI=1S/C20H24F3N3O/c21-20(22,23)17-5-6-18(16(13-17)14-24)25-11-7-15(8-12-25)19(27)26-9-3-1-2-4-10-26/h5-6,13,15H,1-4,7-12H2. The number of anilines is 1. The van der Waals surface area contributed by atoms with Crippen LogP contribution in [0.25, 0.3) is 0 Å². The number of alkyl halides is 3. The van der Waals surface area contributed by atoms with Crippen LogP contribution in [0.1, 0.15) is 49.7 Å². The fourth-order valence-electron chi connectivity index (χ4n) is 3.99. The van der Waals surface area contributed by atoms with E-state index in [9.17, 15) is 23.2 Å². The molecule has 2 saturated heterocycles. The van der Waals surface area contributed by atoms with Crippen molar-refractivity contribution in [1.82, 2.24) is 4.90 Å². The van der Waals surface area contributed by atoms with E-state index < -0.39 is 11.7 Å². The highest BCUT2D eigenvalue weighted by molar-refractivity contribution is 5.79. The summed E-state index contributed by atoms with van der Waals surface area (Å²) >= 11 is 0. The number of rotatable bonds is 2. The average molecular weight is 379 g/mol. The molecule has 0 N–H and O–H groups in total. The molecule has 0 saturated carbocycles. The lowest BCUT2D eigenvalue weighted by molar-refractivity contribution is -0.138. The summed E-state index contributed by atoms with van der Waals surface area (Å²) in [5.74, 6) is 0.184. The molecule has 146 valence electrons. The third-order valence-corrected chi connectivity index (χ3v) is 5.55. The Balaban J connectivity index is 1.65. The van der Waals surface area contributed by atoms with Gasteiger partial charge in [0.2, 0.25) is 5.91 Å². The van der Waals surface area contributed by atoms with Crippen molar-refractivity contribution in [2.75, 3.05) is 31.1 Å². The number of likely N-dealkylation sites (tertiary alicyclic amines) is 1. The van der Waals surface area contributed by atoms with Crippen LogP contribution in [0.15, 0.2) is 18.2 Å². The molecule has 3 rings (SSSR count). The largest absolute Gasteiger partial charge is 0.416 e. The van der Waals surface area contributed by atoms with Gasteiger partial charge in [-0.3, -0.25) is 4.79 Å². The predicted molar refractivity (Wildman–Crippen MR) is 96.1 cm³/mol. The number of nitriles is 1. The van der Waals surface area contributed by atoms with E-state index in [1.54, 1.807) is 0 Å². The Morgan fingerprint density at radius 2 is 1.67 bits per heavy atom. The first kappa shape index (κ1) is 19.5. The van der Waals surface area contributed by atoms with Crippen molar-refractivity contribution in [2.24, 2.45) is 5.92 Å². The fourth-order valence-corrected chi connectivity index (χ4v) is 3.99. The summed E-state index contributed by atoms with van der Waals surface area (Å²) in [7, 11) is 0. The number of nitrogens with zero attached hydrogens (tertiary/aromatic N) is 3. The maximum absolute atomic E-state index is 12.9. The second-order valence-electron chi connectivity index (χ2n) is 7.34. The Hall–Kier alpha value is -2.23. The lowest BCUT2D eigenvalue weighted by Gasteiger charge is -2.35. The minimum atomic E-state index is -4.46. The number of carbonyl (C=O) groups excluding carboxylic acids is 1. The number of halogens is 3. The first-order chi connectivity index (χ1) is 12.9. The first-order valence-corrected chi connectivity index (χ1v) is 9.55. The Morgan fingerprint density at radius 3 is 2.22 bits per heavy atom. The number of piperidine rings is 1. The average Bonchev–Trinajstić information content (AvgIpc) is 2.96. The quantitative estimate of drug-likeness (QED) is 0.774. The van der Waals surface area contributed by atoms with E-state index in [0.717, 1.165) is 38.1 Å². The molecule has 1 amide bonds.